The fraction of sp³-hybridized carbons (Fsp3) is 0.647. The van der Waals surface area contributed by atoms with Crippen molar-refractivity contribution in [2.24, 2.45) is 5.73 Å². The van der Waals surface area contributed by atoms with Gasteiger partial charge in [-0.25, -0.2) is 0 Å². The predicted molar refractivity (Wildman–Crippen MR) is 85.8 cm³/mol. The van der Waals surface area contributed by atoms with Crippen molar-refractivity contribution < 1.29 is 0 Å². The van der Waals surface area contributed by atoms with E-state index in [2.05, 4.69) is 47.9 Å². The van der Waals surface area contributed by atoms with Crippen LogP contribution in [0.2, 0.25) is 0 Å². The molecule has 0 aliphatic carbocycles. The van der Waals surface area contributed by atoms with Crippen LogP contribution in [-0.2, 0) is 6.54 Å². The van der Waals surface area contributed by atoms with E-state index in [0.29, 0.717) is 6.04 Å². The van der Waals surface area contributed by atoms with E-state index in [0.717, 1.165) is 19.5 Å². The molecule has 0 bridgehead atoms. The van der Waals surface area contributed by atoms with E-state index in [1.54, 1.807) is 0 Å². The third-order valence-corrected chi connectivity index (χ3v) is 4.55. The van der Waals surface area contributed by atoms with Gasteiger partial charge < -0.3 is 5.73 Å². The fourth-order valence-corrected chi connectivity index (χ4v) is 3.15. The van der Waals surface area contributed by atoms with Crippen molar-refractivity contribution in [3.05, 3.63) is 35.4 Å². The van der Waals surface area contributed by atoms with Gasteiger partial charge in [-0.15, -0.1) is 0 Å². The monoisotopic (exact) mass is 275 g/mol. The van der Waals surface area contributed by atoms with Crippen LogP contribution in [0.3, 0.4) is 0 Å². The summed E-state index contributed by atoms with van der Waals surface area (Å²) in [7, 11) is 0. The Morgan fingerprint density at radius 1 is 1.15 bits per heavy atom. The maximum Gasteiger partial charge on any atom is 0.0237 e. The van der Waals surface area contributed by atoms with Gasteiger partial charge in [0.25, 0.3) is 0 Å². The molecule has 1 heterocycles. The lowest BCUT2D eigenvalue weighted by Gasteiger charge is -2.39. The molecule has 1 atom stereocenters. The van der Waals surface area contributed by atoms with Crippen molar-refractivity contribution in [2.75, 3.05) is 32.7 Å². The summed E-state index contributed by atoms with van der Waals surface area (Å²) in [4.78, 5) is 5.20. The third kappa shape index (κ3) is 4.05. The summed E-state index contributed by atoms with van der Waals surface area (Å²) in [6, 6.07) is 9.41. The zero-order valence-corrected chi connectivity index (χ0v) is 13.0. The second-order valence-electron chi connectivity index (χ2n) is 5.88. The zero-order chi connectivity index (χ0) is 14.4. The van der Waals surface area contributed by atoms with Crippen molar-refractivity contribution in [2.45, 2.75) is 39.3 Å². The molecule has 2 rings (SSSR count). The van der Waals surface area contributed by atoms with Gasteiger partial charge in [0.1, 0.15) is 0 Å². The maximum absolute atomic E-state index is 5.72. The molecule has 0 spiro atoms. The lowest BCUT2D eigenvalue weighted by Crippen LogP contribution is -2.50. The number of nitrogens with two attached hydrogens (primary N) is 1. The molecule has 0 amide bonds. The Morgan fingerprint density at radius 3 is 2.45 bits per heavy atom. The molecule has 20 heavy (non-hydrogen) atoms. The minimum absolute atomic E-state index is 0.681. The van der Waals surface area contributed by atoms with Gasteiger partial charge in [0, 0.05) is 38.8 Å². The Labute approximate surface area is 123 Å². The predicted octanol–water partition coefficient (Wildman–Crippen LogP) is 2.24. The highest BCUT2D eigenvalue weighted by Crippen LogP contribution is 2.15. The van der Waals surface area contributed by atoms with Gasteiger partial charge in [-0.2, -0.15) is 0 Å². The highest BCUT2D eigenvalue weighted by atomic mass is 15.3. The van der Waals surface area contributed by atoms with Crippen LogP contribution < -0.4 is 5.73 Å². The molecule has 1 aromatic carbocycles. The summed E-state index contributed by atoms with van der Waals surface area (Å²) in [5, 5.41) is 0. The second kappa shape index (κ2) is 7.77. The van der Waals surface area contributed by atoms with Crippen molar-refractivity contribution in [3.8, 4) is 0 Å². The molecule has 0 radical (unpaired) electrons. The molecule has 1 unspecified atom stereocenters. The van der Waals surface area contributed by atoms with Crippen LogP contribution in [-0.4, -0.2) is 48.6 Å². The standard InChI is InChI=1S/C17H29N3/c1-3-17(8-9-18)20-12-10-19(11-13-20)14-16-7-5-4-6-15(16)2/h4-7,17H,3,8-14,18H2,1-2H3. The van der Waals surface area contributed by atoms with Crippen molar-refractivity contribution >= 4 is 0 Å². The van der Waals surface area contributed by atoms with E-state index < -0.39 is 0 Å². The van der Waals surface area contributed by atoms with Crippen LogP contribution in [0, 0.1) is 6.92 Å². The minimum atomic E-state index is 0.681. The van der Waals surface area contributed by atoms with Gasteiger partial charge >= 0.3 is 0 Å². The van der Waals surface area contributed by atoms with Crippen LogP contribution in [0.4, 0.5) is 0 Å². The number of nitrogens with zero attached hydrogens (tertiary/aromatic N) is 2. The molecule has 1 saturated heterocycles. The Kier molecular flexibility index (Phi) is 6.02. The van der Waals surface area contributed by atoms with E-state index in [1.807, 2.05) is 0 Å². The SMILES string of the molecule is CCC(CCN)N1CCN(Cc2ccccc2C)CC1. The van der Waals surface area contributed by atoms with E-state index in [1.165, 1.54) is 43.7 Å². The minimum Gasteiger partial charge on any atom is -0.330 e. The van der Waals surface area contributed by atoms with Gasteiger partial charge in [0.05, 0.1) is 0 Å². The Bertz CT molecular complexity index is 397. The molecule has 0 saturated carbocycles. The smallest absolute Gasteiger partial charge is 0.0237 e. The second-order valence-corrected chi connectivity index (χ2v) is 5.88. The van der Waals surface area contributed by atoms with Gasteiger partial charge in [-0.3, -0.25) is 9.80 Å². The van der Waals surface area contributed by atoms with Gasteiger partial charge in [0.2, 0.25) is 0 Å². The summed E-state index contributed by atoms with van der Waals surface area (Å²) in [5.74, 6) is 0. The Hall–Kier alpha value is -0.900. The maximum atomic E-state index is 5.72. The summed E-state index contributed by atoms with van der Waals surface area (Å²) in [5.41, 5.74) is 8.60. The summed E-state index contributed by atoms with van der Waals surface area (Å²) in [6.45, 7) is 11.1. The van der Waals surface area contributed by atoms with E-state index in [-0.39, 0.29) is 0 Å². The van der Waals surface area contributed by atoms with Crippen LogP contribution in [0.15, 0.2) is 24.3 Å². The normalized spacial score (nSPS) is 19.1. The third-order valence-electron chi connectivity index (χ3n) is 4.55. The number of piperazine rings is 1. The average molecular weight is 275 g/mol. The lowest BCUT2D eigenvalue weighted by atomic mass is 10.1. The first-order valence-electron chi connectivity index (χ1n) is 7.95. The first-order chi connectivity index (χ1) is 9.74. The van der Waals surface area contributed by atoms with Crippen LogP contribution in [0.1, 0.15) is 30.9 Å². The van der Waals surface area contributed by atoms with E-state index in [4.69, 9.17) is 5.73 Å². The molecule has 3 heteroatoms. The summed E-state index contributed by atoms with van der Waals surface area (Å²) in [6.07, 6.45) is 2.35. The number of aryl methyl sites for hydroxylation is 1. The van der Waals surface area contributed by atoms with Gasteiger partial charge in [-0.1, -0.05) is 31.2 Å². The summed E-state index contributed by atoms with van der Waals surface area (Å²) < 4.78 is 0. The van der Waals surface area contributed by atoms with Crippen molar-refractivity contribution in [3.63, 3.8) is 0 Å². The zero-order valence-electron chi connectivity index (χ0n) is 13.0. The number of rotatable bonds is 6. The average Bonchev–Trinajstić information content (AvgIpc) is 2.48. The van der Waals surface area contributed by atoms with E-state index >= 15 is 0 Å². The lowest BCUT2D eigenvalue weighted by molar-refractivity contribution is 0.0870. The summed E-state index contributed by atoms with van der Waals surface area (Å²) >= 11 is 0. The first kappa shape index (κ1) is 15.5. The molecular formula is C17H29N3. The molecule has 1 aromatic rings. The quantitative estimate of drug-likeness (QED) is 0.864. The molecule has 112 valence electrons. The van der Waals surface area contributed by atoms with Crippen LogP contribution in [0.25, 0.3) is 0 Å². The highest BCUT2D eigenvalue weighted by molar-refractivity contribution is 5.25. The topological polar surface area (TPSA) is 32.5 Å². The molecule has 2 N–H and O–H groups in total. The molecule has 0 aromatic heterocycles. The molecule has 3 nitrogen and oxygen atoms in total. The van der Waals surface area contributed by atoms with Gasteiger partial charge in [0.15, 0.2) is 0 Å². The molecule has 1 aliphatic rings. The molecule has 1 aliphatic heterocycles. The van der Waals surface area contributed by atoms with Gasteiger partial charge in [-0.05, 0) is 37.4 Å². The fourth-order valence-electron chi connectivity index (χ4n) is 3.15. The highest BCUT2D eigenvalue weighted by Gasteiger charge is 2.22. The van der Waals surface area contributed by atoms with Crippen LogP contribution in [0.5, 0.6) is 0 Å². The van der Waals surface area contributed by atoms with Crippen LogP contribution >= 0.6 is 0 Å². The number of hydrogen-bond donors (Lipinski definition) is 1. The van der Waals surface area contributed by atoms with Crippen molar-refractivity contribution in [1.82, 2.24) is 9.80 Å². The Morgan fingerprint density at radius 2 is 1.85 bits per heavy atom. The largest absolute Gasteiger partial charge is 0.330 e. The first-order valence-corrected chi connectivity index (χ1v) is 7.95. The number of hydrogen-bond acceptors (Lipinski definition) is 3. The Balaban J connectivity index is 1.84. The number of benzene rings is 1. The van der Waals surface area contributed by atoms with Crippen molar-refractivity contribution in [1.29, 1.82) is 0 Å². The van der Waals surface area contributed by atoms with E-state index in [9.17, 15) is 0 Å². The molecule has 1 fully saturated rings. The molecular weight excluding hydrogens is 246 g/mol.